The van der Waals surface area contributed by atoms with Crippen molar-refractivity contribution in [2.75, 3.05) is 10.6 Å². The summed E-state index contributed by atoms with van der Waals surface area (Å²) in [5, 5.41) is 8.84. The first kappa shape index (κ1) is 24.1. The van der Waals surface area contributed by atoms with Crippen LogP contribution in [0.4, 0.5) is 11.4 Å². The van der Waals surface area contributed by atoms with Crippen LogP contribution in [0.15, 0.2) is 78.9 Å². The number of amides is 2. The van der Waals surface area contributed by atoms with Crippen molar-refractivity contribution in [3.05, 3.63) is 95.6 Å². The highest BCUT2D eigenvalue weighted by Crippen LogP contribution is 2.18. The molecule has 5 nitrogen and oxygen atoms in total. The summed E-state index contributed by atoms with van der Waals surface area (Å²) >= 11 is 5.30. The Morgan fingerprint density at radius 2 is 1.36 bits per heavy atom. The highest BCUT2D eigenvalue weighted by atomic mass is 32.1. The van der Waals surface area contributed by atoms with E-state index in [1.54, 1.807) is 36.4 Å². The lowest BCUT2D eigenvalue weighted by molar-refractivity contribution is -0.120. The fourth-order valence-corrected chi connectivity index (χ4v) is 3.60. The summed E-state index contributed by atoms with van der Waals surface area (Å²) in [7, 11) is 0. The van der Waals surface area contributed by atoms with E-state index in [-0.39, 0.29) is 22.8 Å². The molecule has 0 fully saturated rings. The smallest absolute Gasteiger partial charge is 0.255 e. The van der Waals surface area contributed by atoms with Gasteiger partial charge in [-0.3, -0.25) is 9.59 Å². The van der Waals surface area contributed by atoms with E-state index in [2.05, 4.69) is 41.9 Å². The summed E-state index contributed by atoms with van der Waals surface area (Å²) < 4.78 is 0. The van der Waals surface area contributed by atoms with Crippen molar-refractivity contribution in [3.63, 3.8) is 0 Å². The van der Waals surface area contributed by atoms with E-state index in [0.717, 1.165) is 12.0 Å². The van der Waals surface area contributed by atoms with E-state index in [1.807, 2.05) is 37.3 Å². The second-order valence-corrected chi connectivity index (χ2v) is 8.81. The van der Waals surface area contributed by atoms with Crippen molar-refractivity contribution >= 4 is 40.5 Å². The molecule has 0 saturated heterocycles. The number of rotatable bonds is 7. The Kier molecular flexibility index (Phi) is 8.33. The van der Waals surface area contributed by atoms with E-state index in [9.17, 15) is 9.59 Å². The maximum Gasteiger partial charge on any atom is 0.255 e. The Morgan fingerprint density at radius 3 is 1.94 bits per heavy atom. The zero-order valence-corrected chi connectivity index (χ0v) is 19.9. The average molecular weight is 460 g/mol. The third-order valence-electron chi connectivity index (χ3n) is 5.19. The molecule has 170 valence electrons. The van der Waals surface area contributed by atoms with Crippen molar-refractivity contribution in [1.82, 2.24) is 5.32 Å². The average Bonchev–Trinajstić information content (AvgIpc) is 2.80. The van der Waals surface area contributed by atoms with Gasteiger partial charge in [0.2, 0.25) is 5.91 Å². The van der Waals surface area contributed by atoms with Gasteiger partial charge >= 0.3 is 0 Å². The molecule has 33 heavy (non-hydrogen) atoms. The van der Waals surface area contributed by atoms with Gasteiger partial charge in [-0.25, -0.2) is 0 Å². The molecule has 3 aromatic carbocycles. The van der Waals surface area contributed by atoms with Gasteiger partial charge in [0.1, 0.15) is 0 Å². The van der Waals surface area contributed by atoms with Gasteiger partial charge in [-0.1, -0.05) is 56.3 Å². The molecule has 0 heterocycles. The Hall–Kier alpha value is -3.51. The molecule has 0 aliphatic carbocycles. The molecule has 1 atom stereocenters. The van der Waals surface area contributed by atoms with Crippen LogP contribution in [-0.2, 0) is 11.2 Å². The molecule has 0 aliphatic heterocycles. The summed E-state index contributed by atoms with van der Waals surface area (Å²) in [5.41, 5.74) is 4.18. The Balaban J connectivity index is 1.51. The Bertz CT molecular complexity index is 1090. The van der Waals surface area contributed by atoms with Gasteiger partial charge in [0.05, 0.1) is 5.92 Å². The molecule has 3 aromatic rings. The van der Waals surface area contributed by atoms with Crippen LogP contribution in [-0.4, -0.2) is 16.9 Å². The number of thiocarbonyl (C=S) groups is 1. The molecule has 6 heteroatoms. The fourth-order valence-electron chi connectivity index (χ4n) is 3.38. The molecule has 3 rings (SSSR count). The first-order valence-electron chi connectivity index (χ1n) is 11.0. The van der Waals surface area contributed by atoms with Gasteiger partial charge in [0.25, 0.3) is 5.91 Å². The van der Waals surface area contributed by atoms with E-state index < -0.39 is 0 Å². The third kappa shape index (κ3) is 7.26. The molecular weight excluding hydrogens is 430 g/mol. The molecule has 2 amide bonds. The second-order valence-electron chi connectivity index (χ2n) is 8.40. The quantitative estimate of drug-likeness (QED) is 0.393. The first-order valence-corrected chi connectivity index (χ1v) is 11.4. The standard InChI is InChI=1S/C27H29N3O2S/c1-18(2)17-20-9-11-21(12-10-20)19(3)25(31)30-27(33)29-24-15-13-23(14-16-24)28-26(32)22-7-5-4-6-8-22/h4-16,18-19H,17H2,1-3H3,(H,28,32)(H2,29,30,31,33). The molecule has 0 aliphatic rings. The number of hydrogen-bond donors (Lipinski definition) is 3. The summed E-state index contributed by atoms with van der Waals surface area (Å²) in [6.07, 6.45) is 1.02. The van der Waals surface area contributed by atoms with Gasteiger partial charge in [-0.2, -0.15) is 0 Å². The zero-order valence-electron chi connectivity index (χ0n) is 19.1. The normalized spacial score (nSPS) is 11.5. The van der Waals surface area contributed by atoms with Gasteiger partial charge in [0, 0.05) is 16.9 Å². The number of carbonyl (C=O) groups is 2. The maximum absolute atomic E-state index is 12.6. The van der Waals surface area contributed by atoms with Crippen LogP contribution in [0.5, 0.6) is 0 Å². The monoisotopic (exact) mass is 459 g/mol. The van der Waals surface area contributed by atoms with E-state index >= 15 is 0 Å². The highest BCUT2D eigenvalue weighted by Gasteiger charge is 2.16. The highest BCUT2D eigenvalue weighted by molar-refractivity contribution is 7.80. The predicted molar refractivity (Wildman–Crippen MR) is 139 cm³/mol. The minimum atomic E-state index is -0.326. The molecule has 0 aromatic heterocycles. The molecule has 3 N–H and O–H groups in total. The van der Waals surface area contributed by atoms with E-state index in [4.69, 9.17) is 12.2 Å². The van der Waals surface area contributed by atoms with Crippen LogP contribution in [0.3, 0.4) is 0 Å². The molecule has 0 radical (unpaired) electrons. The molecule has 0 spiro atoms. The maximum atomic E-state index is 12.6. The summed E-state index contributed by atoms with van der Waals surface area (Å²) in [6.45, 7) is 6.23. The largest absolute Gasteiger partial charge is 0.332 e. The predicted octanol–water partition coefficient (Wildman–Crippen LogP) is 5.75. The number of benzene rings is 3. The molecular formula is C27H29N3O2S. The second kappa shape index (κ2) is 11.4. The van der Waals surface area contributed by atoms with Crippen LogP contribution in [0.2, 0.25) is 0 Å². The van der Waals surface area contributed by atoms with Crippen LogP contribution in [0.25, 0.3) is 0 Å². The number of nitrogens with one attached hydrogen (secondary N) is 3. The van der Waals surface area contributed by atoms with Crippen LogP contribution >= 0.6 is 12.2 Å². The van der Waals surface area contributed by atoms with Gasteiger partial charge in [-0.15, -0.1) is 0 Å². The van der Waals surface area contributed by atoms with Gasteiger partial charge < -0.3 is 16.0 Å². The third-order valence-corrected chi connectivity index (χ3v) is 5.39. The Labute approximate surface area is 200 Å². The van der Waals surface area contributed by atoms with Crippen molar-refractivity contribution < 1.29 is 9.59 Å². The number of carbonyl (C=O) groups excluding carboxylic acids is 2. The van der Waals surface area contributed by atoms with Crippen LogP contribution in [0, 0.1) is 5.92 Å². The first-order chi connectivity index (χ1) is 15.8. The molecule has 0 bridgehead atoms. The van der Waals surface area contributed by atoms with Gasteiger partial charge in [-0.05, 0) is 79.0 Å². The summed E-state index contributed by atoms with van der Waals surface area (Å²) in [4.78, 5) is 24.9. The molecule has 1 unspecified atom stereocenters. The lowest BCUT2D eigenvalue weighted by Gasteiger charge is -2.15. The minimum absolute atomic E-state index is 0.171. The van der Waals surface area contributed by atoms with Crippen molar-refractivity contribution in [1.29, 1.82) is 0 Å². The lowest BCUT2D eigenvalue weighted by Crippen LogP contribution is -2.36. The fraction of sp³-hybridized carbons (Fsp3) is 0.222. The Morgan fingerprint density at radius 1 is 0.788 bits per heavy atom. The SMILES string of the molecule is CC(C)Cc1ccc(C(C)C(=O)NC(=S)Nc2ccc(NC(=O)c3ccccc3)cc2)cc1. The van der Waals surface area contributed by atoms with Crippen LogP contribution in [0.1, 0.15) is 48.2 Å². The molecule has 0 saturated carbocycles. The number of hydrogen-bond acceptors (Lipinski definition) is 3. The van der Waals surface area contributed by atoms with E-state index in [0.29, 0.717) is 22.9 Å². The number of anilines is 2. The zero-order chi connectivity index (χ0) is 23.8. The van der Waals surface area contributed by atoms with Gasteiger partial charge in [0.15, 0.2) is 5.11 Å². The van der Waals surface area contributed by atoms with Crippen molar-refractivity contribution in [3.8, 4) is 0 Å². The lowest BCUT2D eigenvalue weighted by atomic mass is 9.96. The van der Waals surface area contributed by atoms with Crippen molar-refractivity contribution in [2.45, 2.75) is 33.1 Å². The summed E-state index contributed by atoms with van der Waals surface area (Å²) in [6, 6.07) is 24.3. The minimum Gasteiger partial charge on any atom is -0.332 e. The topological polar surface area (TPSA) is 70.2 Å². The van der Waals surface area contributed by atoms with Crippen LogP contribution < -0.4 is 16.0 Å². The van der Waals surface area contributed by atoms with E-state index in [1.165, 1.54) is 5.56 Å². The van der Waals surface area contributed by atoms with Crippen molar-refractivity contribution in [2.24, 2.45) is 5.92 Å². The summed E-state index contributed by atoms with van der Waals surface area (Å²) in [5.74, 6) is -0.0798.